The molecule has 4 aliphatic rings. The van der Waals surface area contributed by atoms with Crippen LogP contribution >= 0.6 is 0 Å². The number of hydrogen-bond acceptors (Lipinski definition) is 3. The molecule has 1 aliphatic heterocycles. The number of rotatable bonds is 4. The van der Waals surface area contributed by atoms with E-state index in [9.17, 15) is 14.4 Å². The van der Waals surface area contributed by atoms with Gasteiger partial charge in [0.1, 0.15) is 12.1 Å². The molecular formula is C18H25N3O3. The van der Waals surface area contributed by atoms with Crippen molar-refractivity contribution in [2.24, 2.45) is 0 Å². The summed E-state index contributed by atoms with van der Waals surface area (Å²) in [7, 11) is 0. The predicted octanol–water partition coefficient (Wildman–Crippen LogP) is 2.30. The van der Waals surface area contributed by atoms with E-state index in [0.29, 0.717) is 12.8 Å². The van der Waals surface area contributed by atoms with E-state index in [0.717, 1.165) is 55.5 Å². The Morgan fingerprint density at radius 2 is 1.96 bits per heavy atom. The molecule has 24 heavy (non-hydrogen) atoms. The Morgan fingerprint density at radius 1 is 1.21 bits per heavy atom. The zero-order valence-corrected chi connectivity index (χ0v) is 14.1. The van der Waals surface area contributed by atoms with Crippen molar-refractivity contribution in [1.29, 1.82) is 0 Å². The molecule has 0 aromatic heterocycles. The van der Waals surface area contributed by atoms with Gasteiger partial charge in [0.2, 0.25) is 5.91 Å². The molecule has 0 unspecified atom stereocenters. The van der Waals surface area contributed by atoms with Gasteiger partial charge in [0.25, 0.3) is 5.91 Å². The molecule has 1 saturated heterocycles. The van der Waals surface area contributed by atoms with Crippen molar-refractivity contribution in [3.63, 3.8) is 0 Å². The van der Waals surface area contributed by atoms with Gasteiger partial charge in [-0.1, -0.05) is 18.9 Å². The van der Waals surface area contributed by atoms with E-state index in [2.05, 4.69) is 11.4 Å². The van der Waals surface area contributed by atoms with Crippen LogP contribution in [0.5, 0.6) is 0 Å². The van der Waals surface area contributed by atoms with E-state index < -0.39 is 11.6 Å². The monoisotopic (exact) mass is 331 g/mol. The third kappa shape index (κ3) is 2.62. The zero-order chi connectivity index (χ0) is 16.7. The van der Waals surface area contributed by atoms with Crippen molar-refractivity contribution in [2.45, 2.75) is 75.8 Å². The van der Waals surface area contributed by atoms with Crippen LogP contribution in [0.4, 0.5) is 4.79 Å². The Labute approximate surface area is 142 Å². The fourth-order valence-electron chi connectivity index (χ4n) is 4.32. The van der Waals surface area contributed by atoms with E-state index in [1.54, 1.807) is 0 Å². The van der Waals surface area contributed by atoms with Crippen LogP contribution in [0.25, 0.3) is 0 Å². The fourth-order valence-corrected chi connectivity index (χ4v) is 4.32. The van der Waals surface area contributed by atoms with Gasteiger partial charge in [-0.3, -0.25) is 14.5 Å². The molecule has 4 rings (SSSR count). The molecule has 2 saturated carbocycles. The van der Waals surface area contributed by atoms with Crippen LogP contribution in [-0.4, -0.2) is 45.8 Å². The van der Waals surface area contributed by atoms with Crippen LogP contribution in [0.3, 0.4) is 0 Å². The Morgan fingerprint density at radius 3 is 2.58 bits per heavy atom. The van der Waals surface area contributed by atoms with Crippen LogP contribution in [-0.2, 0) is 9.59 Å². The maximum Gasteiger partial charge on any atom is 0.325 e. The molecule has 0 atom stereocenters. The quantitative estimate of drug-likeness (QED) is 0.804. The highest BCUT2D eigenvalue weighted by Gasteiger charge is 2.53. The van der Waals surface area contributed by atoms with E-state index in [1.807, 2.05) is 4.90 Å². The first-order valence-electron chi connectivity index (χ1n) is 9.26. The lowest BCUT2D eigenvalue weighted by atomic mass is 9.98. The summed E-state index contributed by atoms with van der Waals surface area (Å²) in [6.45, 7) is -0.125. The Balaban J connectivity index is 1.49. The van der Waals surface area contributed by atoms with Crippen LogP contribution in [0.2, 0.25) is 0 Å². The molecule has 1 N–H and O–H groups in total. The summed E-state index contributed by atoms with van der Waals surface area (Å²) in [5.41, 5.74) is 0.364. The smallest absolute Gasteiger partial charge is 0.323 e. The Hall–Kier alpha value is -1.85. The summed E-state index contributed by atoms with van der Waals surface area (Å²) in [5, 5.41) is 2.85. The minimum absolute atomic E-state index is 0.107. The van der Waals surface area contributed by atoms with Crippen LogP contribution in [0.15, 0.2) is 11.8 Å². The molecule has 3 fully saturated rings. The molecule has 0 radical (unpaired) electrons. The van der Waals surface area contributed by atoms with Crippen molar-refractivity contribution in [3.8, 4) is 0 Å². The highest BCUT2D eigenvalue weighted by molar-refractivity contribution is 6.09. The van der Waals surface area contributed by atoms with Crippen molar-refractivity contribution >= 4 is 17.8 Å². The van der Waals surface area contributed by atoms with Gasteiger partial charge < -0.3 is 10.2 Å². The largest absolute Gasteiger partial charge is 0.325 e. The minimum atomic E-state index is -0.730. The number of nitrogens with zero attached hydrogens (tertiary/aromatic N) is 2. The zero-order valence-electron chi connectivity index (χ0n) is 14.1. The topological polar surface area (TPSA) is 69.7 Å². The van der Waals surface area contributed by atoms with Crippen molar-refractivity contribution in [2.75, 3.05) is 6.54 Å². The highest BCUT2D eigenvalue weighted by Crippen LogP contribution is 2.36. The number of hydrogen-bond donors (Lipinski definition) is 1. The van der Waals surface area contributed by atoms with Gasteiger partial charge in [0.15, 0.2) is 0 Å². The fraction of sp³-hybridized carbons (Fsp3) is 0.722. The van der Waals surface area contributed by atoms with Gasteiger partial charge >= 0.3 is 6.03 Å². The number of imide groups is 1. The van der Waals surface area contributed by atoms with E-state index in [-0.39, 0.29) is 24.4 Å². The number of amides is 4. The average Bonchev–Trinajstić information content (AvgIpc) is 3.25. The normalized spacial score (nSPS) is 25.8. The third-order valence-corrected chi connectivity index (χ3v) is 5.75. The lowest BCUT2D eigenvalue weighted by Gasteiger charge is -2.29. The van der Waals surface area contributed by atoms with Gasteiger partial charge in [0.05, 0.1) is 0 Å². The summed E-state index contributed by atoms with van der Waals surface area (Å²) in [5.74, 6) is -0.309. The molecular weight excluding hydrogens is 306 g/mol. The maximum absolute atomic E-state index is 12.9. The van der Waals surface area contributed by atoms with Crippen LogP contribution in [0, 0.1) is 0 Å². The first kappa shape index (κ1) is 15.7. The molecule has 0 aromatic carbocycles. The molecule has 4 amide bonds. The number of nitrogens with one attached hydrogen (secondary N) is 1. The summed E-state index contributed by atoms with van der Waals surface area (Å²) in [6, 6.07) is -0.133. The molecule has 3 aliphatic carbocycles. The summed E-state index contributed by atoms with van der Waals surface area (Å²) in [4.78, 5) is 40.9. The Bertz CT molecular complexity index is 603. The van der Waals surface area contributed by atoms with Gasteiger partial charge in [-0.2, -0.15) is 0 Å². The van der Waals surface area contributed by atoms with Gasteiger partial charge in [-0.25, -0.2) is 4.79 Å². The molecule has 1 spiro atoms. The average molecular weight is 331 g/mol. The molecule has 0 aromatic rings. The van der Waals surface area contributed by atoms with E-state index in [1.165, 1.54) is 6.42 Å². The summed E-state index contributed by atoms with van der Waals surface area (Å²) >= 11 is 0. The first-order valence-corrected chi connectivity index (χ1v) is 9.26. The first-order chi connectivity index (χ1) is 11.6. The molecule has 130 valence electrons. The highest BCUT2D eigenvalue weighted by atomic mass is 16.2. The van der Waals surface area contributed by atoms with Crippen molar-refractivity contribution in [1.82, 2.24) is 15.1 Å². The standard InChI is InChI=1S/C18H25N3O3/c22-15(21(14-8-9-14)13-6-2-1-3-7-13)12-20-16(23)18(19-17(20)24)10-4-5-11-18/h6,14H,1-5,7-12H2,(H,19,24). The van der Waals surface area contributed by atoms with Gasteiger partial charge in [-0.05, 0) is 51.4 Å². The number of urea groups is 1. The second-order valence-electron chi connectivity index (χ2n) is 7.55. The number of carbonyl (C=O) groups is 3. The third-order valence-electron chi connectivity index (χ3n) is 5.75. The lowest BCUT2D eigenvalue weighted by Crippen LogP contribution is -2.46. The number of allylic oxidation sites excluding steroid dienone is 2. The molecule has 1 heterocycles. The SMILES string of the molecule is O=C1NC2(CCCC2)C(=O)N1CC(=O)N(C1=CCCCC1)C1CC1. The maximum atomic E-state index is 12.9. The van der Waals surface area contributed by atoms with E-state index in [4.69, 9.17) is 0 Å². The second-order valence-corrected chi connectivity index (χ2v) is 7.55. The Kier molecular flexibility index (Phi) is 3.85. The molecule has 6 heteroatoms. The number of carbonyl (C=O) groups excluding carboxylic acids is 3. The van der Waals surface area contributed by atoms with Gasteiger partial charge in [-0.15, -0.1) is 0 Å². The summed E-state index contributed by atoms with van der Waals surface area (Å²) in [6.07, 6.45) is 11.7. The molecule has 0 bridgehead atoms. The minimum Gasteiger partial charge on any atom is -0.323 e. The van der Waals surface area contributed by atoms with Crippen LogP contribution < -0.4 is 5.32 Å². The molecule has 6 nitrogen and oxygen atoms in total. The van der Waals surface area contributed by atoms with Crippen molar-refractivity contribution in [3.05, 3.63) is 11.8 Å². The van der Waals surface area contributed by atoms with Crippen LogP contribution in [0.1, 0.15) is 64.2 Å². The summed E-state index contributed by atoms with van der Waals surface area (Å²) < 4.78 is 0. The van der Waals surface area contributed by atoms with E-state index >= 15 is 0 Å². The second kappa shape index (κ2) is 5.90. The predicted molar refractivity (Wildman–Crippen MR) is 87.9 cm³/mol. The van der Waals surface area contributed by atoms with Crippen molar-refractivity contribution < 1.29 is 14.4 Å². The van der Waals surface area contributed by atoms with Gasteiger partial charge in [0, 0.05) is 11.7 Å². The lowest BCUT2D eigenvalue weighted by molar-refractivity contribution is -0.138.